The lowest BCUT2D eigenvalue weighted by Crippen LogP contribution is -2.41. The van der Waals surface area contributed by atoms with Gasteiger partial charge < -0.3 is 21.6 Å². The lowest BCUT2D eigenvalue weighted by molar-refractivity contribution is -0.624. The Morgan fingerprint density at radius 3 is 2.62 bits per heavy atom. The Balaban J connectivity index is 1.69. The molecular weight excluding hydrogens is 470 g/mol. The van der Waals surface area contributed by atoms with Crippen LogP contribution in [0.2, 0.25) is 5.15 Å². The molecule has 0 aliphatic carbocycles. The van der Waals surface area contributed by atoms with Gasteiger partial charge in [-0.15, -0.1) is 0 Å². The van der Waals surface area contributed by atoms with Crippen molar-refractivity contribution in [3.8, 4) is 0 Å². The summed E-state index contributed by atoms with van der Waals surface area (Å²) in [6.45, 7) is -0.826. The van der Waals surface area contributed by atoms with Crippen LogP contribution < -0.4 is 26.7 Å². The van der Waals surface area contributed by atoms with Crippen LogP contribution in [0.25, 0.3) is 0 Å². The van der Waals surface area contributed by atoms with Crippen LogP contribution >= 0.6 is 11.6 Å². The van der Waals surface area contributed by atoms with Crippen LogP contribution in [0.3, 0.4) is 0 Å². The molecule has 12 heteroatoms. The van der Waals surface area contributed by atoms with Crippen LogP contribution in [-0.4, -0.2) is 28.5 Å². The molecule has 0 radical (unpaired) electrons. The zero-order chi connectivity index (χ0) is 24.7. The molecule has 1 aromatic carbocycles. The predicted octanol–water partition coefficient (Wildman–Crippen LogP) is 1.55. The molecule has 180 valence electrons. The Bertz CT molecular complexity index is 1220. The number of nitrogens with two attached hydrogens (primary N) is 1. The van der Waals surface area contributed by atoms with E-state index < -0.39 is 42.0 Å². The van der Waals surface area contributed by atoms with Crippen LogP contribution in [0.4, 0.5) is 14.6 Å². The number of anilines is 1. The summed E-state index contributed by atoms with van der Waals surface area (Å²) in [5.41, 5.74) is 5.85. The fourth-order valence-corrected chi connectivity index (χ4v) is 3.44. The number of alkyl halides is 2. The van der Waals surface area contributed by atoms with Crippen LogP contribution in [-0.2, 0) is 30.2 Å². The molecule has 0 bridgehead atoms. The molecule has 34 heavy (non-hydrogen) atoms. The standard InChI is InChI=1S/C22H23ClF2N6O3/c23-18-12-28-20(29-14-22(24,25)17-7-3-4-10-31(17)34)21(33)30(18)13-19(32)27-11-16-6-2-1-5-15(16)8-9-26/h1-7,10,12H,8-9,11,13-14,26H2,(H,27,32)(H,28,29). The number of benzene rings is 1. The highest BCUT2D eigenvalue weighted by Crippen LogP contribution is 2.25. The zero-order valence-electron chi connectivity index (χ0n) is 18.0. The largest absolute Gasteiger partial charge is 0.618 e. The van der Waals surface area contributed by atoms with E-state index in [1.54, 1.807) is 0 Å². The highest BCUT2D eigenvalue weighted by Gasteiger charge is 2.39. The summed E-state index contributed by atoms with van der Waals surface area (Å²) in [5, 5.41) is 16.5. The second-order valence-electron chi connectivity index (χ2n) is 7.37. The summed E-state index contributed by atoms with van der Waals surface area (Å²) in [6, 6.07) is 11.1. The van der Waals surface area contributed by atoms with Crippen LogP contribution in [0.15, 0.2) is 59.7 Å². The Kier molecular flexibility index (Phi) is 8.13. The second kappa shape index (κ2) is 11.0. The van der Waals surface area contributed by atoms with Gasteiger partial charge in [0, 0.05) is 18.7 Å². The molecule has 3 rings (SSSR count). The number of aromatic nitrogens is 3. The van der Waals surface area contributed by atoms with Gasteiger partial charge >= 0.3 is 5.92 Å². The fraction of sp³-hybridized carbons (Fsp3) is 0.273. The Morgan fingerprint density at radius 2 is 1.91 bits per heavy atom. The molecular formula is C22H23ClF2N6O3. The molecule has 0 saturated carbocycles. The number of rotatable bonds is 10. The molecule has 0 spiro atoms. The topological polar surface area (TPSA) is 129 Å². The molecule has 0 aliphatic rings. The summed E-state index contributed by atoms with van der Waals surface area (Å²) in [5.74, 6) is -4.53. The number of hydrogen-bond donors (Lipinski definition) is 3. The van der Waals surface area contributed by atoms with Gasteiger partial charge in [-0.05, 0) is 30.2 Å². The summed E-state index contributed by atoms with van der Waals surface area (Å²) in [6.07, 6.45) is 2.67. The molecule has 0 saturated heterocycles. The molecule has 2 heterocycles. The first-order valence-electron chi connectivity index (χ1n) is 10.3. The van der Waals surface area contributed by atoms with E-state index in [9.17, 15) is 23.6 Å². The second-order valence-corrected chi connectivity index (χ2v) is 7.76. The Labute approximate surface area is 198 Å². The maximum atomic E-state index is 14.5. The number of halogens is 3. The quantitative estimate of drug-likeness (QED) is 0.291. The summed E-state index contributed by atoms with van der Waals surface area (Å²) in [7, 11) is 0. The lowest BCUT2D eigenvalue weighted by Gasteiger charge is -2.17. The van der Waals surface area contributed by atoms with Gasteiger partial charge in [-0.25, -0.2) is 4.98 Å². The van der Waals surface area contributed by atoms with Gasteiger partial charge in [0.1, 0.15) is 11.7 Å². The first-order chi connectivity index (χ1) is 16.2. The number of nitrogens with one attached hydrogen (secondary N) is 2. The van der Waals surface area contributed by atoms with Crippen LogP contribution in [0.5, 0.6) is 0 Å². The predicted molar refractivity (Wildman–Crippen MR) is 122 cm³/mol. The van der Waals surface area contributed by atoms with E-state index in [0.29, 0.717) is 13.0 Å². The van der Waals surface area contributed by atoms with Gasteiger partial charge in [-0.1, -0.05) is 35.9 Å². The van der Waals surface area contributed by atoms with Crippen LogP contribution in [0.1, 0.15) is 16.8 Å². The zero-order valence-corrected chi connectivity index (χ0v) is 18.8. The fourth-order valence-electron chi connectivity index (χ4n) is 3.26. The highest BCUT2D eigenvalue weighted by molar-refractivity contribution is 6.29. The van der Waals surface area contributed by atoms with Gasteiger partial charge in [0.05, 0.1) is 12.7 Å². The molecule has 2 aromatic heterocycles. The molecule has 0 fully saturated rings. The van der Waals surface area contributed by atoms with E-state index >= 15 is 0 Å². The van der Waals surface area contributed by atoms with Crippen molar-refractivity contribution in [2.24, 2.45) is 5.73 Å². The number of pyridine rings is 1. The van der Waals surface area contributed by atoms with Crippen molar-refractivity contribution < 1.29 is 18.3 Å². The van der Waals surface area contributed by atoms with E-state index in [2.05, 4.69) is 15.6 Å². The van der Waals surface area contributed by atoms with E-state index in [1.807, 2.05) is 24.3 Å². The first kappa shape index (κ1) is 25.1. The third kappa shape index (κ3) is 6.06. The molecule has 0 aliphatic heterocycles. The van der Waals surface area contributed by atoms with Gasteiger partial charge in [0.25, 0.3) is 11.3 Å². The van der Waals surface area contributed by atoms with Crippen molar-refractivity contribution in [3.63, 3.8) is 0 Å². The van der Waals surface area contributed by atoms with E-state index in [1.165, 1.54) is 12.1 Å². The normalized spacial score (nSPS) is 11.3. The van der Waals surface area contributed by atoms with E-state index in [0.717, 1.165) is 34.2 Å². The smallest absolute Gasteiger partial charge is 0.347 e. The molecule has 4 N–H and O–H groups in total. The van der Waals surface area contributed by atoms with Crippen LogP contribution in [0, 0.1) is 5.21 Å². The molecule has 0 unspecified atom stereocenters. The highest BCUT2D eigenvalue weighted by atomic mass is 35.5. The number of hydrogen-bond acceptors (Lipinski definition) is 6. The number of carbonyl (C=O) groups excluding carboxylic acids is 1. The maximum Gasteiger partial charge on any atom is 0.347 e. The van der Waals surface area contributed by atoms with Crippen molar-refractivity contribution >= 4 is 23.3 Å². The first-order valence-corrected chi connectivity index (χ1v) is 10.7. The van der Waals surface area contributed by atoms with Crippen molar-refractivity contribution in [1.29, 1.82) is 0 Å². The van der Waals surface area contributed by atoms with Crippen molar-refractivity contribution in [2.45, 2.75) is 25.4 Å². The number of amides is 1. The minimum Gasteiger partial charge on any atom is -0.618 e. The Hall–Kier alpha value is -3.57. The maximum absolute atomic E-state index is 14.5. The summed E-state index contributed by atoms with van der Waals surface area (Å²) in [4.78, 5) is 28.9. The average Bonchev–Trinajstić information content (AvgIpc) is 2.81. The molecule has 3 aromatic rings. The van der Waals surface area contributed by atoms with Gasteiger partial charge in [-0.3, -0.25) is 14.2 Å². The minimum atomic E-state index is -3.59. The third-order valence-electron chi connectivity index (χ3n) is 4.99. The molecule has 0 atom stereocenters. The Morgan fingerprint density at radius 1 is 1.21 bits per heavy atom. The summed E-state index contributed by atoms with van der Waals surface area (Å²) >= 11 is 6.02. The molecule has 1 amide bonds. The SMILES string of the molecule is NCCc1ccccc1CNC(=O)Cn1c(Cl)cnc(NCC(F)(F)c2cccc[n+]2[O-])c1=O. The van der Waals surface area contributed by atoms with Crippen molar-refractivity contribution in [3.05, 3.63) is 92.4 Å². The van der Waals surface area contributed by atoms with E-state index in [-0.39, 0.29) is 16.4 Å². The third-order valence-corrected chi connectivity index (χ3v) is 5.29. The molecule has 9 nitrogen and oxygen atoms in total. The van der Waals surface area contributed by atoms with E-state index in [4.69, 9.17) is 17.3 Å². The van der Waals surface area contributed by atoms with Gasteiger partial charge in [-0.2, -0.15) is 13.5 Å². The monoisotopic (exact) mass is 492 g/mol. The number of nitrogens with zero attached hydrogens (tertiary/aromatic N) is 3. The van der Waals surface area contributed by atoms with Gasteiger partial charge in [0.2, 0.25) is 5.91 Å². The van der Waals surface area contributed by atoms with Crippen molar-refractivity contribution in [2.75, 3.05) is 18.4 Å². The van der Waals surface area contributed by atoms with Gasteiger partial charge in [0.15, 0.2) is 12.0 Å². The summed E-state index contributed by atoms with van der Waals surface area (Å²) < 4.78 is 29.9. The lowest BCUT2D eigenvalue weighted by atomic mass is 10.0. The average molecular weight is 493 g/mol. The van der Waals surface area contributed by atoms with Crippen molar-refractivity contribution in [1.82, 2.24) is 14.9 Å². The number of carbonyl (C=O) groups is 1. The minimum absolute atomic E-state index is 0.0469.